The van der Waals surface area contributed by atoms with Crippen LogP contribution in [0.2, 0.25) is 0 Å². The van der Waals surface area contributed by atoms with Crippen LogP contribution in [0.1, 0.15) is 24.8 Å². The van der Waals surface area contributed by atoms with E-state index in [4.69, 9.17) is 18.9 Å². The first-order chi connectivity index (χ1) is 16.8. The molecule has 0 aliphatic carbocycles. The van der Waals surface area contributed by atoms with Crippen molar-refractivity contribution in [3.63, 3.8) is 0 Å². The molecule has 2 aliphatic rings. The van der Waals surface area contributed by atoms with E-state index < -0.39 is 36.6 Å². The number of hydrogen-bond acceptors (Lipinski definition) is 9. The zero-order chi connectivity index (χ0) is 25.4. The van der Waals surface area contributed by atoms with E-state index in [1.807, 2.05) is 4.90 Å². The van der Waals surface area contributed by atoms with Crippen LogP contribution < -0.4 is 10.2 Å². The first kappa shape index (κ1) is 26.2. The molecule has 192 valence electrons. The van der Waals surface area contributed by atoms with E-state index in [2.05, 4.69) is 5.32 Å². The van der Waals surface area contributed by atoms with Gasteiger partial charge in [0.1, 0.15) is 18.5 Å². The summed E-state index contributed by atoms with van der Waals surface area (Å²) < 4.78 is 34.5. The Bertz CT molecular complexity index is 935. The van der Waals surface area contributed by atoms with Crippen LogP contribution in [0.5, 0.6) is 0 Å². The molecule has 1 aromatic rings. The summed E-state index contributed by atoms with van der Waals surface area (Å²) in [6.45, 7) is 2.89. The molecule has 2 fully saturated rings. The summed E-state index contributed by atoms with van der Waals surface area (Å²) in [4.78, 5) is 50.4. The van der Waals surface area contributed by atoms with Gasteiger partial charge in [-0.3, -0.25) is 14.4 Å². The SMILES string of the molecule is COCCOC(=O)OCC(=O)N1CCN(c2ccc([C@H]3CC(CNC(C)=O)OC3=O)cc2F)CC1. The number of carbonyl (C=O) groups excluding carboxylic acids is 4. The van der Waals surface area contributed by atoms with Gasteiger partial charge in [-0.2, -0.15) is 0 Å². The zero-order valence-electron chi connectivity index (χ0n) is 19.8. The van der Waals surface area contributed by atoms with Crippen LogP contribution in [-0.4, -0.2) is 94.6 Å². The third kappa shape index (κ3) is 7.28. The number of anilines is 1. The molecular formula is C23H30FN3O8. The highest BCUT2D eigenvalue weighted by molar-refractivity contribution is 5.81. The number of halogens is 1. The molecule has 0 bridgehead atoms. The third-order valence-corrected chi connectivity index (χ3v) is 5.81. The largest absolute Gasteiger partial charge is 0.508 e. The van der Waals surface area contributed by atoms with E-state index in [-0.39, 0.29) is 31.6 Å². The number of benzene rings is 1. The molecule has 0 radical (unpaired) electrons. The number of hydrogen-bond donors (Lipinski definition) is 1. The molecule has 2 atom stereocenters. The number of rotatable bonds is 9. The minimum Gasteiger partial charge on any atom is -0.460 e. The molecule has 3 rings (SSSR count). The molecule has 0 aromatic heterocycles. The lowest BCUT2D eigenvalue weighted by molar-refractivity contribution is -0.142. The highest BCUT2D eigenvalue weighted by Crippen LogP contribution is 2.33. The van der Waals surface area contributed by atoms with Crippen LogP contribution in [0.3, 0.4) is 0 Å². The molecule has 1 aromatic carbocycles. The van der Waals surface area contributed by atoms with E-state index in [1.54, 1.807) is 12.1 Å². The number of nitrogens with zero attached hydrogens (tertiary/aromatic N) is 2. The van der Waals surface area contributed by atoms with Crippen LogP contribution in [0.4, 0.5) is 14.9 Å². The van der Waals surface area contributed by atoms with Crippen molar-refractivity contribution in [2.45, 2.75) is 25.4 Å². The average Bonchev–Trinajstić information content (AvgIpc) is 3.22. The van der Waals surface area contributed by atoms with Crippen molar-refractivity contribution < 1.29 is 42.5 Å². The van der Waals surface area contributed by atoms with Crippen LogP contribution in [-0.2, 0) is 33.3 Å². The van der Waals surface area contributed by atoms with E-state index in [1.165, 1.54) is 25.0 Å². The van der Waals surface area contributed by atoms with Gasteiger partial charge >= 0.3 is 12.1 Å². The van der Waals surface area contributed by atoms with Gasteiger partial charge < -0.3 is 34.1 Å². The fourth-order valence-electron chi connectivity index (χ4n) is 3.96. The van der Waals surface area contributed by atoms with Gasteiger partial charge in [-0.25, -0.2) is 9.18 Å². The Labute approximate surface area is 202 Å². The van der Waals surface area contributed by atoms with Crippen molar-refractivity contribution >= 4 is 29.6 Å². The molecule has 11 nitrogen and oxygen atoms in total. The number of ether oxygens (including phenoxy) is 4. The number of nitrogens with one attached hydrogen (secondary N) is 1. The van der Waals surface area contributed by atoms with Gasteiger partial charge in [0, 0.05) is 46.6 Å². The van der Waals surface area contributed by atoms with Gasteiger partial charge in [0.15, 0.2) is 6.61 Å². The number of piperazine rings is 1. The van der Waals surface area contributed by atoms with Crippen molar-refractivity contribution in [3.05, 3.63) is 29.6 Å². The monoisotopic (exact) mass is 495 g/mol. The molecule has 1 unspecified atom stereocenters. The van der Waals surface area contributed by atoms with Crippen molar-refractivity contribution in [2.24, 2.45) is 0 Å². The second-order valence-corrected chi connectivity index (χ2v) is 8.24. The van der Waals surface area contributed by atoms with Crippen LogP contribution >= 0.6 is 0 Å². The maximum Gasteiger partial charge on any atom is 0.508 e. The standard InChI is InChI=1S/C23H30FN3O8/c1-15(28)25-13-17-12-18(22(30)35-17)16-3-4-20(19(24)11-16)26-5-7-27(8-6-26)21(29)14-34-23(31)33-10-9-32-2/h3-4,11,17-18H,5-10,12-14H2,1-2H3,(H,25,28)/t17?,18-/m1/s1. The first-order valence-electron chi connectivity index (χ1n) is 11.3. The Balaban J connectivity index is 1.49. The van der Waals surface area contributed by atoms with Crippen molar-refractivity contribution in [1.82, 2.24) is 10.2 Å². The normalized spacial score (nSPS) is 19.8. The Kier molecular flexibility index (Phi) is 9.24. The van der Waals surface area contributed by atoms with E-state index >= 15 is 0 Å². The van der Waals surface area contributed by atoms with Crippen molar-refractivity contribution in [1.29, 1.82) is 0 Å². The molecule has 0 saturated carbocycles. The van der Waals surface area contributed by atoms with Crippen LogP contribution in [0.25, 0.3) is 0 Å². The van der Waals surface area contributed by atoms with Gasteiger partial charge in [-0.15, -0.1) is 0 Å². The molecule has 0 spiro atoms. The number of amides is 2. The maximum atomic E-state index is 14.9. The van der Waals surface area contributed by atoms with Gasteiger partial charge in [-0.05, 0) is 17.7 Å². The second kappa shape index (κ2) is 12.3. The lowest BCUT2D eigenvalue weighted by Crippen LogP contribution is -2.50. The topological polar surface area (TPSA) is 124 Å². The Morgan fingerprint density at radius 3 is 2.54 bits per heavy atom. The summed E-state index contributed by atoms with van der Waals surface area (Å²) in [7, 11) is 1.47. The smallest absolute Gasteiger partial charge is 0.460 e. The minimum absolute atomic E-state index is 0.0339. The molecule has 2 aliphatic heterocycles. The van der Waals surface area contributed by atoms with Gasteiger partial charge in [-0.1, -0.05) is 6.07 Å². The second-order valence-electron chi connectivity index (χ2n) is 8.24. The quantitative estimate of drug-likeness (QED) is 0.391. The molecule has 2 amide bonds. The van der Waals surface area contributed by atoms with Crippen molar-refractivity contribution in [2.75, 3.05) is 64.6 Å². The predicted octanol–water partition coefficient (Wildman–Crippen LogP) is 0.809. The fraction of sp³-hybridized carbons (Fsp3) is 0.565. The third-order valence-electron chi connectivity index (χ3n) is 5.81. The lowest BCUT2D eigenvalue weighted by atomic mass is 9.95. The molecular weight excluding hydrogens is 465 g/mol. The summed E-state index contributed by atoms with van der Waals surface area (Å²) in [5, 5.41) is 2.62. The van der Waals surface area contributed by atoms with Gasteiger partial charge in [0.05, 0.1) is 24.8 Å². The summed E-state index contributed by atoms with van der Waals surface area (Å²) in [6.07, 6.45) is -1.02. The number of cyclic esters (lactones) is 1. The highest BCUT2D eigenvalue weighted by atomic mass is 19.1. The first-order valence-corrected chi connectivity index (χ1v) is 11.3. The van der Waals surface area contributed by atoms with Crippen LogP contribution in [0.15, 0.2) is 18.2 Å². The maximum absolute atomic E-state index is 14.9. The minimum atomic E-state index is -0.941. The summed E-state index contributed by atoms with van der Waals surface area (Å²) in [5.41, 5.74) is 0.893. The van der Waals surface area contributed by atoms with E-state index in [0.717, 1.165) is 0 Å². The summed E-state index contributed by atoms with van der Waals surface area (Å²) in [5.74, 6) is -2.08. The summed E-state index contributed by atoms with van der Waals surface area (Å²) >= 11 is 0. The van der Waals surface area contributed by atoms with Gasteiger partial charge in [0.2, 0.25) is 5.91 Å². The van der Waals surface area contributed by atoms with E-state index in [0.29, 0.717) is 43.9 Å². The number of carbonyl (C=O) groups is 4. The molecule has 35 heavy (non-hydrogen) atoms. The Morgan fingerprint density at radius 1 is 1.14 bits per heavy atom. The summed E-state index contributed by atoms with van der Waals surface area (Å²) in [6, 6.07) is 4.66. The number of methoxy groups -OCH3 is 1. The Morgan fingerprint density at radius 2 is 1.89 bits per heavy atom. The average molecular weight is 496 g/mol. The Hall–Kier alpha value is -3.41. The van der Waals surface area contributed by atoms with E-state index in [9.17, 15) is 23.6 Å². The molecule has 12 heteroatoms. The van der Waals surface area contributed by atoms with Crippen LogP contribution in [0, 0.1) is 5.82 Å². The van der Waals surface area contributed by atoms with Gasteiger partial charge in [0.25, 0.3) is 5.91 Å². The zero-order valence-corrected chi connectivity index (χ0v) is 19.8. The highest BCUT2D eigenvalue weighted by Gasteiger charge is 2.36. The molecule has 2 heterocycles. The fourth-order valence-corrected chi connectivity index (χ4v) is 3.96. The molecule has 1 N–H and O–H groups in total. The lowest BCUT2D eigenvalue weighted by Gasteiger charge is -2.36. The molecule has 2 saturated heterocycles. The predicted molar refractivity (Wildman–Crippen MR) is 120 cm³/mol. The number of esters is 1. The van der Waals surface area contributed by atoms with Crippen molar-refractivity contribution in [3.8, 4) is 0 Å².